The number of aryl methyl sites for hydroxylation is 2. The Labute approximate surface area is 166 Å². The topological polar surface area (TPSA) is 49.8 Å². The first-order valence-corrected chi connectivity index (χ1v) is 10.2. The normalized spacial score (nSPS) is 18.2. The standard InChI is InChI=1S/C24H27NO3/c1-2-28-23(24(26)27)25-15-13-19(14-16-25)22-20-9-5-3-7-17(20)11-12-18-8-4-6-10-21(18)22/h3-10,23H,2,11-16H2,1H3,(H,26,27). The summed E-state index contributed by atoms with van der Waals surface area (Å²) in [6.45, 7) is 3.66. The van der Waals surface area contributed by atoms with Gasteiger partial charge in [-0.2, -0.15) is 0 Å². The highest BCUT2D eigenvalue weighted by molar-refractivity contribution is 5.86. The highest BCUT2D eigenvalue weighted by Crippen LogP contribution is 2.38. The van der Waals surface area contributed by atoms with Gasteiger partial charge in [-0.3, -0.25) is 4.90 Å². The summed E-state index contributed by atoms with van der Waals surface area (Å²) < 4.78 is 5.47. The molecule has 28 heavy (non-hydrogen) atoms. The van der Waals surface area contributed by atoms with E-state index in [0.29, 0.717) is 19.7 Å². The van der Waals surface area contributed by atoms with Crippen molar-refractivity contribution in [3.8, 4) is 0 Å². The van der Waals surface area contributed by atoms with Crippen LogP contribution >= 0.6 is 0 Å². The summed E-state index contributed by atoms with van der Waals surface area (Å²) in [5, 5.41) is 9.49. The summed E-state index contributed by atoms with van der Waals surface area (Å²) >= 11 is 0. The maximum atomic E-state index is 11.6. The lowest BCUT2D eigenvalue weighted by atomic mass is 9.86. The van der Waals surface area contributed by atoms with E-state index in [1.54, 1.807) is 0 Å². The predicted octanol–water partition coefficient (Wildman–Crippen LogP) is 4.13. The molecule has 2 aromatic rings. The van der Waals surface area contributed by atoms with Gasteiger partial charge in [-0.25, -0.2) is 4.79 Å². The molecule has 0 radical (unpaired) electrons. The van der Waals surface area contributed by atoms with E-state index in [0.717, 1.165) is 25.7 Å². The lowest BCUT2D eigenvalue weighted by molar-refractivity contribution is -0.164. The van der Waals surface area contributed by atoms with Crippen LogP contribution < -0.4 is 0 Å². The fraction of sp³-hybridized carbons (Fsp3) is 0.375. The Kier molecular flexibility index (Phi) is 5.60. The molecule has 2 aromatic carbocycles. The number of fused-ring (bicyclic) bond motifs is 2. The number of benzene rings is 2. The Bertz CT molecular complexity index is 843. The van der Waals surface area contributed by atoms with Crippen molar-refractivity contribution in [2.45, 2.75) is 38.8 Å². The van der Waals surface area contributed by atoms with Gasteiger partial charge in [-0.05, 0) is 60.4 Å². The van der Waals surface area contributed by atoms with Crippen molar-refractivity contribution in [3.05, 3.63) is 76.4 Å². The number of nitrogens with zero attached hydrogens (tertiary/aromatic N) is 1. The van der Waals surface area contributed by atoms with Gasteiger partial charge in [0.15, 0.2) is 0 Å². The fourth-order valence-electron chi connectivity index (χ4n) is 4.53. The lowest BCUT2D eigenvalue weighted by Gasteiger charge is -2.34. The minimum absolute atomic E-state index is 0.405. The molecule has 1 N–H and O–H groups in total. The predicted molar refractivity (Wildman–Crippen MR) is 110 cm³/mol. The Balaban J connectivity index is 1.71. The van der Waals surface area contributed by atoms with Gasteiger partial charge in [0.05, 0.1) is 0 Å². The number of carboxylic acids is 1. The van der Waals surface area contributed by atoms with Crippen molar-refractivity contribution in [1.29, 1.82) is 0 Å². The number of hydrogen-bond donors (Lipinski definition) is 1. The highest BCUT2D eigenvalue weighted by atomic mass is 16.5. The molecule has 0 saturated carbocycles. The number of carboxylic acid groups (broad SMARTS) is 1. The van der Waals surface area contributed by atoms with E-state index in [-0.39, 0.29) is 0 Å². The second-order valence-corrected chi connectivity index (χ2v) is 7.47. The highest BCUT2D eigenvalue weighted by Gasteiger charge is 2.30. The quantitative estimate of drug-likeness (QED) is 0.870. The number of piperidine rings is 1. The van der Waals surface area contributed by atoms with Gasteiger partial charge in [-0.1, -0.05) is 54.1 Å². The zero-order valence-electron chi connectivity index (χ0n) is 16.4. The molecular weight excluding hydrogens is 350 g/mol. The van der Waals surface area contributed by atoms with Crippen molar-refractivity contribution >= 4 is 11.5 Å². The summed E-state index contributed by atoms with van der Waals surface area (Å²) in [7, 11) is 0. The average molecular weight is 377 g/mol. The van der Waals surface area contributed by atoms with Crippen molar-refractivity contribution in [2.24, 2.45) is 0 Å². The van der Waals surface area contributed by atoms with Crippen molar-refractivity contribution in [1.82, 2.24) is 4.90 Å². The van der Waals surface area contributed by atoms with E-state index in [2.05, 4.69) is 48.5 Å². The van der Waals surface area contributed by atoms with Gasteiger partial charge in [0.25, 0.3) is 0 Å². The van der Waals surface area contributed by atoms with E-state index in [1.165, 1.54) is 33.4 Å². The average Bonchev–Trinajstić information content (AvgIpc) is 2.89. The third-order valence-electron chi connectivity index (χ3n) is 5.86. The van der Waals surface area contributed by atoms with Crippen LogP contribution in [0.1, 0.15) is 42.0 Å². The minimum atomic E-state index is -0.900. The first kappa shape index (κ1) is 18.9. The zero-order valence-corrected chi connectivity index (χ0v) is 16.4. The third-order valence-corrected chi connectivity index (χ3v) is 5.86. The van der Waals surface area contributed by atoms with E-state index in [4.69, 9.17) is 4.74 Å². The molecule has 0 bridgehead atoms. The largest absolute Gasteiger partial charge is 0.478 e. The maximum absolute atomic E-state index is 11.6. The molecule has 4 heteroatoms. The molecule has 0 spiro atoms. The number of rotatable bonds is 4. The molecule has 1 fully saturated rings. The van der Waals surface area contributed by atoms with Crippen molar-refractivity contribution in [3.63, 3.8) is 0 Å². The summed E-state index contributed by atoms with van der Waals surface area (Å²) in [6, 6.07) is 17.5. The minimum Gasteiger partial charge on any atom is -0.478 e. The summed E-state index contributed by atoms with van der Waals surface area (Å²) in [5.41, 5.74) is 8.29. The number of carbonyl (C=O) groups is 1. The van der Waals surface area contributed by atoms with Gasteiger partial charge in [0, 0.05) is 19.7 Å². The van der Waals surface area contributed by atoms with Gasteiger partial charge < -0.3 is 9.84 Å². The molecule has 1 unspecified atom stereocenters. The van der Waals surface area contributed by atoms with Crippen LogP contribution in [0.5, 0.6) is 0 Å². The molecule has 0 amide bonds. The second kappa shape index (κ2) is 8.29. The molecule has 1 aliphatic carbocycles. The molecule has 1 heterocycles. The van der Waals surface area contributed by atoms with Crippen LogP contribution in [0.15, 0.2) is 54.1 Å². The van der Waals surface area contributed by atoms with Gasteiger partial charge in [-0.15, -0.1) is 0 Å². The van der Waals surface area contributed by atoms with Gasteiger partial charge in [0.2, 0.25) is 6.23 Å². The molecule has 1 aliphatic heterocycles. The van der Waals surface area contributed by atoms with E-state index >= 15 is 0 Å². The number of hydrogen-bond acceptors (Lipinski definition) is 3. The summed E-state index contributed by atoms with van der Waals surface area (Å²) in [4.78, 5) is 13.5. The van der Waals surface area contributed by atoms with Crippen LogP contribution in [0.25, 0.3) is 5.57 Å². The Hall–Kier alpha value is -2.43. The van der Waals surface area contributed by atoms with E-state index < -0.39 is 12.2 Å². The summed E-state index contributed by atoms with van der Waals surface area (Å²) in [6.07, 6.45) is 3.01. The molecule has 1 atom stereocenters. The number of likely N-dealkylation sites (tertiary alicyclic amines) is 1. The Morgan fingerprint density at radius 1 is 0.964 bits per heavy atom. The van der Waals surface area contributed by atoms with Gasteiger partial charge >= 0.3 is 5.97 Å². The smallest absolute Gasteiger partial charge is 0.348 e. The zero-order chi connectivity index (χ0) is 19.5. The van der Waals surface area contributed by atoms with E-state index in [1.807, 2.05) is 11.8 Å². The lowest BCUT2D eigenvalue weighted by Crippen LogP contribution is -2.46. The van der Waals surface area contributed by atoms with Crippen molar-refractivity contribution in [2.75, 3.05) is 19.7 Å². The Morgan fingerprint density at radius 3 is 2.00 bits per heavy atom. The molecular formula is C24H27NO3. The molecule has 4 rings (SSSR count). The summed E-state index contributed by atoms with van der Waals surface area (Å²) in [5.74, 6) is -0.900. The van der Waals surface area contributed by atoms with Crippen molar-refractivity contribution < 1.29 is 14.6 Å². The van der Waals surface area contributed by atoms with Crippen LogP contribution in [-0.4, -0.2) is 41.9 Å². The van der Waals surface area contributed by atoms with Gasteiger partial charge in [0.1, 0.15) is 0 Å². The van der Waals surface area contributed by atoms with Crippen LogP contribution in [-0.2, 0) is 22.4 Å². The third kappa shape index (κ3) is 3.62. The first-order valence-electron chi connectivity index (χ1n) is 10.2. The van der Waals surface area contributed by atoms with Crippen LogP contribution in [0.3, 0.4) is 0 Å². The van der Waals surface area contributed by atoms with Crippen LogP contribution in [0.4, 0.5) is 0 Å². The maximum Gasteiger partial charge on any atom is 0.348 e. The van der Waals surface area contributed by atoms with Crippen LogP contribution in [0.2, 0.25) is 0 Å². The second-order valence-electron chi connectivity index (χ2n) is 7.47. The SMILES string of the molecule is CCOC(C(=O)O)N1CCC(=C2c3ccccc3CCc3ccccc32)CC1. The molecule has 146 valence electrons. The van der Waals surface area contributed by atoms with Crippen LogP contribution in [0, 0.1) is 0 Å². The first-order chi connectivity index (χ1) is 13.7. The number of ether oxygens (including phenoxy) is 1. The molecule has 1 saturated heterocycles. The van der Waals surface area contributed by atoms with E-state index in [9.17, 15) is 9.90 Å². The molecule has 2 aliphatic rings. The fourth-order valence-corrected chi connectivity index (χ4v) is 4.53. The monoisotopic (exact) mass is 377 g/mol. The number of aliphatic carboxylic acids is 1. The Morgan fingerprint density at radius 2 is 1.50 bits per heavy atom. The molecule has 0 aromatic heterocycles. The molecule has 4 nitrogen and oxygen atoms in total.